The van der Waals surface area contributed by atoms with Gasteiger partial charge in [0, 0.05) is 5.69 Å². The molecular formula is C15H21F2N3O2. The van der Waals surface area contributed by atoms with E-state index in [1.54, 1.807) is 0 Å². The number of unbranched alkanes of at least 4 members (excludes halogenated alkanes) is 3. The Balaban J connectivity index is 2.59. The average Bonchev–Trinajstić information content (AvgIpc) is 2.48. The summed E-state index contributed by atoms with van der Waals surface area (Å²) in [6.07, 6.45) is 3.59. The van der Waals surface area contributed by atoms with Crippen molar-refractivity contribution in [3.63, 3.8) is 0 Å². The summed E-state index contributed by atoms with van der Waals surface area (Å²) in [4.78, 5) is 23.1. The topological polar surface area (TPSA) is 75.4 Å². The lowest BCUT2D eigenvalue weighted by Crippen LogP contribution is -2.45. The Morgan fingerprint density at radius 1 is 1.23 bits per heavy atom. The van der Waals surface area contributed by atoms with E-state index in [2.05, 4.69) is 5.32 Å². The van der Waals surface area contributed by atoms with Crippen molar-refractivity contribution in [3.8, 4) is 0 Å². The molecule has 1 aromatic carbocycles. The minimum Gasteiger partial charge on any atom is -0.368 e. The van der Waals surface area contributed by atoms with Gasteiger partial charge in [0.15, 0.2) is 0 Å². The van der Waals surface area contributed by atoms with Crippen molar-refractivity contribution in [2.75, 3.05) is 5.32 Å². The van der Waals surface area contributed by atoms with E-state index in [9.17, 15) is 18.5 Å². The van der Waals surface area contributed by atoms with Gasteiger partial charge in [0.25, 0.3) is 0 Å². The number of carbonyl (C=O) groups is 2. The molecule has 0 aliphatic carbocycles. The molecule has 0 fully saturated rings. The summed E-state index contributed by atoms with van der Waals surface area (Å²) in [6.45, 7) is 2.03. The highest BCUT2D eigenvalue weighted by atomic mass is 19.2. The molecule has 5 nitrogen and oxygen atoms in total. The first-order valence-corrected chi connectivity index (χ1v) is 7.26. The number of amides is 3. The lowest BCUT2D eigenvalue weighted by Gasteiger charge is -2.21. The zero-order valence-corrected chi connectivity index (χ0v) is 12.5. The lowest BCUT2D eigenvalue weighted by molar-refractivity contribution is -0.127. The third-order valence-electron chi connectivity index (χ3n) is 3.22. The van der Waals surface area contributed by atoms with Crippen molar-refractivity contribution in [3.05, 3.63) is 30.1 Å². The predicted octanol–water partition coefficient (Wildman–Crippen LogP) is 3.37. The molecule has 0 heterocycles. The number of carbonyl (C=O) groups excluding carboxylic acids is 2. The van der Waals surface area contributed by atoms with Gasteiger partial charge >= 0.3 is 6.03 Å². The smallest absolute Gasteiger partial charge is 0.350 e. The Morgan fingerprint density at radius 3 is 2.41 bits per heavy atom. The standard InChI is InChI=1S/C15H21F2N3O2/c1-2-3-4-5-6-13(14(18)21)20(17)15(22)19-12-9-7-11(16)8-10-12/h7-10,13H,2-6H2,1H3,(H2,18,21)(H,19,22). The second-order valence-corrected chi connectivity index (χ2v) is 5.02. The maximum absolute atomic E-state index is 14.0. The summed E-state index contributed by atoms with van der Waals surface area (Å²) in [5.41, 5.74) is 5.38. The van der Waals surface area contributed by atoms with Crippen LogP contribution in [-0.4, -0.2) is 23.1 Å². The van der Waals surface area contributed by atoms with Gasteiger partial charge < -0.3 is 11.1 Å². The molecule has 1 rings (SSSR count). The van der Waals surface area contributed by atoms with Crippen LogP contribution in [0.15, 0.2) is 24.3 Å². The molecule has 1 atom stereocenters. The average molecular weight is 313 g/mol. The second-order valence-electron chi connectivity index (χ2n) is 5.02. The number of nitrogens with zero attached hydrogens (tertiary/aromatic N) is 1. The number of hydrogen-bond acceptors (Lipinski definition) is 2. The van der Waals surface area contributed by atoms with Crippen LogP contribution in [0, 0.1) is 5.82 Å². The summed E-state index contributed by atoms with van der Waals surface area (Å²) >= 11 is 0. The molecule has 0 saturated carbocycles. The number of primary amides is 1. The highest BCUT2D eigenvalue weighted by Gasteiger charge is 2.28. The monoisotopic (exact) mass is 313 g/mol. The second kappa shape index (κ2) is 8.96. The minimum atomic E-state index is -1.31. The number of nitrogens with one attached hydrogen (secondary N) is 1. The fourth-order valence-electron chi connectivity index (χ4n) is 1.98. The molecule has 0 spiro atoms. The first-order chi connectivity index (χ1) is 10.5. The van der Waals surface area contributed by atoms with Gasteiger partial charge in [-0.25, -0.2) is 9.18 Å². The van der Waals surface area contributed by atoms with Gasteiger partial charge in [0.2, 0.25) is 5.91 Å². The SMILES string of the molecule is CCCCCCC(C(N)=O)N(F)C(=O)Nc1ccc(F)cc1. The minimum absolute atomic E-state index is 0.169. The molecule has 0 bridgehead atoms. The summed E-state index contributed by atoms with van der Waals surface area (Å²) in [5.74, 6) is -1.37. The Kier molecular flexibility index (Phi) is 7.28. The van der Waals surface area contributed by atoms with E-state index >= 15 is 0 Å². The number of halogens is 2. The molecule has 0 saturated heterocycles. The molecule has 0 aromatic heterocycles. The van der Waals surface area contributed by atoms with Crippen molar-refractivity contribution in [1.29, 1.82) is 0 Å². The normalized spacial score (nSPS) is 11.8. The predicted molar refractivity (Wildman–Crippen MR) is 80.1 cm³/mol. The van der Waals surface area contributed by atoms with E-state index in [0.29, 0.717) is 6.42 Å². The Bertz CT molecular complexity index is 494. The molecule has 3 amide bonds. The van der Waals surface area contributed by atoms with Gasteiger partial charge in [-0.1, -0.05) is 37.1 Å². The maximum Gasteiger partial charge on any atom is 0.350 e. The van der Waals surface area contributed by atoms with Crippen molar-refractivity contribution < 1.29 is 18.5 Å². The van der Waals surface area contributed by atoms with Crippen LogP contribution >= 0.6 is 0 Å². The first-order valence-electron chi connectivity index (χ1n) is 7.26. The lowest BCUT2D eigenvalue weighted by atomic mass is 10.1. The molecule has 0 aliphatic rings. The third kappa shape index (κ3) is 5.67. The van der Waals surface area contributed by atoms with E-state index in [1.165, 1.54) is 12.1 Å². The van der Waals surface area contributed by atoms with Crippen LogP contribution in [0.4, 0.5) is 19.4 Å². The molecular weight excluding hydrogens is 292 g/mol. The number of benzene rings is 1. The molecule has 1 unspecified atom stereocenters. The van der Waals surface area contributed by atoms with Gasteiger partial charge in [0.05, 0.1) is 0 Å². The molecule has 0 aliphatic heterocycles. The van der Waals surface area contributed by atoms with E-state index < -0.39 is 23.8 Å². The van der Waals surface area contributed by atoms with E-state index in [4.69, 9.17) is 5.73 Å². The molecule has 3 N–H and O–H groups in total. The van der Waals surface area contributed by atoms with Crippen molar-refractivity contribution in [2.45, 2.75) is 45.1 Å². The quantitative estimate of drug-likeness (QED) is 0.570. The van der Waals surface area contributed by atoms with Crippen molar-refractivity contribution in [1.82, 2.24) is 5.12 Å². The van der Waals surface area contributed by atoms with Crippen molar-refractivity contribution >= 4 is 17.6 Å². The molecule has 122 valence electrons. The summed E-state index contributed by atoms with van der Waals surface area (Å²) < 4.78 is 26.8. The zero-order valence-electron chi connectivity index (χ0n) is 12.5. The van der Waals surface area contributed by atoms with Gasteiger partial charge in [-0.2, -0.15) is 0 Å². The highest BCUT2D eigenvalue weighted by Crippen LogP contribution is 2.15. The summed E-state index contributed by atoms with van der Waals surface area (Å²) in [5, 5.41) is 2.05. The van der Waals surface area contributed by atoms with Crippen LogP contribution in [0.25, 0.3) is 0 Å². The van der Waals surface area contributed by atoms with Gasteiger partial charge in [-0.3, -0.25) is 4.79 Å². The molecule has 1 aromatic rings. The van der Waals surface area contributed by atoms with E-state index in [0.717, 1.165) is 31.4 Å². The molecule has 0 radical (unpaired) electrons. The number of anilines is 1. The van der Waals surface area contributed by atoms with E-state index in [-0.39, 0.29) is 17.2 Å². The largest absolute Gasteiger partial charge is 0.368 e. The number of nitrogens with two attached hydrogens (primary N) is 1. The fourth-order valence-corrected chi connectivity index (χ4v) is 1.98. The van der Waals surface area contributed by atoms with Crippen LogP contribution in [0.5, 0.6) is 0 Å². The van der Waals surface area contributed by atoms with Crippen LogP contribution in [-0.2, 0) is 4.79 Å². The van der Waals surface area contributed by atoms with Crippen molar-refractivity contribution in [2.24, 2.45) is 5.73 Å². The highest BCUT2D eigenvalue weighted by molar-refractivity contribution is 5.92. The number of hydrogen-bond donors (Lipinski definition) is 2. The Morgan fingerprint density at radius 2 is 1.86 bits per heavy atom. The summed E-state index contributed by atoms with van der Waals surface area (Å²) in [7, 11) is 0. The van der Waals surface area contributed by atoms with Crippen LogP contribution in [0.2, 0.25) is 0 Å². The summed E-state index contributed by atoms with van der Waals surface area (Å²) in [6, 6.07) is 2.44. The van der Waals surface area contributed by atoms with Crippen LogP contribution < -0.4 is 11.1 Å². The fraction of sp³-hybridized carbons (Fsp3) is 0.467. The number of urea groups is 1. The Labute approximate surface area is 128 Å². The van der Waals surface area contributed by atoms with Gasteiger partial charge in [-0.05, 0) is 30.7 Å². The van der Waals surface area contributed by atoms with Gasteiger partial charge in [0.1, 0.15) is 11.9 Å². The zero-order chi connectivity index (χ0) is 16.5. The Hall–Kier alpha value is -2.18. The first kappa shape index (κ1) is 17.9. The molecule has 7 heteroatoms. The number of rotatable bonds is 8. The van der Waals surface area contributed by atoms with E-state index in [1.807, 2.05) is 6.92 Å². The molecule has 22 heavy (non-hydrogen) atoms. The van der Waals surface area contributed by atoms with Crippen LogP contribution in [0.1, 0.15) is 39.0 Å². The maximum atomic E-state index is 14.0. The van der Waals surface area contributed by atoms with Crippen LogP contribution in [0.3, 0.4) is 0 Å². The third-order valence-corrected chi connectivity index (χ3v) is 3.22. The van der Waals surface area contributed by atoms with Gasteiger partial charge in [-0.15, -0.1) is 5.12 Å².